The van der Waals surface area contributed by atoms with Crippen LogP contribution in [0.15, 0.2) is 24.3 Å². The third-order valence-corrected chi connectivity index (χ3v) is 3.90. The molecule has 2 rings (SSSR count). The van der Waals surface area contributed by atoms with Crippen LogP contribution in [-0.2, 0) is 9.59 Å². The molecule has 1 saturated heterocycles. The fourth-order valence-electron chi connectivity index (χ4n) is 2.58. The standard InChI is InChI=1S/C15H18FNO3/c1-10(12-4-2-3-5-13(12)16)14(18)17-8-6-11(7-9-17)15(19)20/h2-5,10-11H,6-9H2,1H3,(H,19,20). The Morgan fingerprint density at radius 1 is 1.30 bits per heavy atom. The molecule has 0 aromatic heterocycles. The predicted molar refractivity (Wildman–Crippen MR) is 71.8 cm³/mol. The number of hydrogen-bond acceptors (Lipinski definition) is 2. The normalized spacial score (nSPS) is 17.8. The maximum Gasteiger partial charge on any atom is 0.306 e. The molecule has 0 spiro atoms. The smallest absolute Gasteiger partial charge is 0.306 e. The van der Waals surface area contributed by atoms with Crippen molar-refractivity contribution in [3.63, 3.8) is 0 Å². The van der Waals surface area contributed by atoms with E-state index in [0.29, 0.717) is 31.5 Å². The highest BCUT2D eigenvalue weighted by Crippen LogP contribution is 2.24. The van der Waals surface area contributed by atoms with E-state index < -0.39 is 11.9 Å². The van der Waals surface area contributed by atoms with Crippen molar-refractivity contribution in [3.8, 4) is 0 Å². The Kier molecular flexibility index (Phi) is 4.37. The van der Waals surface area contributed by atoms with E-state index in [2.05, 4.69) is 0 Å². The first-order valence-electron chi connectivity index (χ1n) is 6.76. The molecular formula is C15H18FNO3. The Hall–Kier alpha value is -1.91. The summed E-state index contributed by atoms with van der Waals surface area (Å²) in [5.74, 6) is -2.24. The highest BCUT2D eigenvalue weighted by molar-refractivity contribution is 5.83. The fraction of sp³-hybridized carbons (Fsp3) is 0.467. The lowest BCUT2D eigenvalue weighted by Gasteiger charge is -2.32. The summed E-state index contributed by atoms with van der Waals surface area (Å²) >= 11 is 0. The third kappa shape index (κ3) is 2.98. The lowest BCUT2D eigenvalue weighted by molar-refractivity contribution is -0.146. The molecule has 1 unspecified atom stereocenters. The molecule has 1 heterocycles. The highest BCUT2D eigenvalue weighted by atomic mass is 19.1. The SMILES string of the molecule is CC(C(=O)N1CCC(C(=O)O)CC1)c1ccccc1F. The lowest BCUT2D eigenvalue weighted by atomic mass is 9.94. The summed E-state index contributed by atoms with van der Waals surface area (Å²) in [5.41, 5.74) is 0.387. The van der Waals surface area contributed by atoms with Gasteiger partial charge in [0.25, 0.3) is 0 Å². The van der Waals surface area contributed by atoms with E-state index in [4.69, 9.17) is 5.11 Å². The zero-order valence-corrected chi connectivity index (χ0v) is 11.4. The molecule has 0 radical (unpaired) electrons. The Morgan fingerprint density at radius 3 is 2.45 bits per heavy atom. The molecule has 1 aliphatic heterocycles. The molecule has 0 bridgehead atoms. The van der Waals surface area contributed by atoms with Gasteiger partial charge in [-0.05, 0) is 31.4 Å². The minimum absolute atomic E-state index is 0.140. The molecule has 1 aromatic carbocycles. The van der Waals surface area contributed by atoms with Crippen LogP contribution in [0.5, 0.6) is 0 Å². The fourth-order valence-corrected chi connectivity index (χ4v) is 2.58. The molecule has 5 heteroatoms. The van der Waals surface area contributed by atoms with Gasteiger partial charge in [0.15, 0.2) is 0 Å². The molecule has 1 N–H and O–H groups in total. The Balaban J connectivity index is 2.02. The van der Waals surface area contributed by atoms with Gasteiger partial charge >= 0.3 is 5.97 Å². The second kappa shape index (κ2) is 6.03. The topological polar surface area (TPSA) is 57.6 Å². The van der Waals surface area contributed by atoms with Gasteiger partial charge in [-0.1, -0.05) is 18.2 Å². The van der Waals surface area contributed by atoms with Crippen molar-refractivity contribution in [2.45, 2.75) is 25.7 Å². The van der Waals surface area contributed by atoms with Gasteiger partial charge in [0.05, 0.1) is 11.8 Å². The summed E-state index contributed by atoms with van der Waals surface area (Å²) in [6.07, 6.45) is 0.927. The van der Waals surface area contributed by atoms with Crippen LogP contribution < -0.4 is 0 Å². The first kappa shape index (κ1) is 14.5. The molecule has 4 nitrogen and oxygen atoms in total. The van der Waals surface area contributed by atoms with E-state index in [1.165, 1.54) is 6.07 Å². The maximum absolute atomic E-state index is 13.7. The highest BCUT2D eigenvalue weighted by Gasteiger charge is 2.30. The molecule has 1 fully saturated rings. The predicted octanol–water partition coefficient (Wildman–Crippen LogP) is 2.25. The van der Waals surface area contributed by atoms with E-state index in [0.717, 1.165) is 0 Å². The monoisotopic (exact) mass is 279 g/mol. The number of hydrogen-bond donors (Lipinski definition) is 1. The second-order valence-electron chi connectivity index (χ2n) is 5.18. The summed E-state index contributed by atoms with van der Waals surface area (Å²) in [7, 11) is 0. The lowest BCUT2D eigenvalue weighted by Crippen LogP contribution is -2.42. The molecule has 20 heavy (non-hydrogen) atoms. The molecule has 0 aliphatic carbocycles. The number of benzene rings is 1. The van der Waals surface area contributed by atoms with Crippen molar-refractivity contribution < 1.29 is 19.1 Å². The molecule has 1 amide bonds. The minimum atomic E-state index is -0.806. The minimum Gasteiger partial charge on any atom is -0.481 e. The summed E-state index contributed by atoms with van der Waals surface area (Å²) in [6, 6.07) is 6.25. The molecular weight excluding hydrogens is 261 g/mol. The van der Waals surface area contributed by atoms with E-state index in [1.54, 1.807) is 30.0 Å². The number of carbonyl (C=O) groups is 2. The van der Waals surface area contributed by atoms with Crippen LogP contribution in [0.25, 0.3) is 0 Å². The number of nitrogens with zero attached hydrogens (tertiary/aromatic N) is 1. The van der Waals surface area contributed by atoms with Gasteiger partial charge in [0, 0.05) is 13.1 Å². The number of aliphatic carboxylic acids is 1. The van der Waals surface area contributed by atoms with Crippen LogP contribution >= 0.6 is 0 Å². The van der Waals surface area contributed by atoms with Crippen molar-refractivity contribution in [3.05, 3.63) is 35.6 Å². The van der Waals surface area contributed by atoms with Crippen LogP contribution in [0.2, 0.25) is 0 Å². The van der Waals surface area contributed by atoms with Crippen LogP contribution in [-0.4, -0.2) is 35.0 Å². The van der Waals surface area contributed by atoms with Crippen molar-refractivity contribution in [2.75, 3.05) is 13.1 Å². The molecule has 1 atom stereocenters. The number of carbonyl (C=O) groups excluding carboxylic acids is 1. The van der Waals surface area contributed by atoms with Crippen LogP contribution in [0, 0.1) is 11.7 Å². The number of piperidine rings is 1. The number of carboxylic acids is 1. The molecule has 1 aliphatic rings. The zero-order valence-electron chi connectivity index (χ0n) is 11.4. The van der Waals surface area contributed by atoms with E-state index in [1.807, 2.05) is 0 Å². The first-order chi connectivity index (χ1) is 9.50. The van der Waals surface area contributed by atoms with Gasteiger partial charge in [-0.3, -0.25) is 9.59 Å². The van der Waals surface area contributed by atoms with Crippen molar-refractivity contribution >= 4 is 11.9 Å². The van der Waals surface area contributed by atoms with Gasteiger partial charge in [-0.15, -0.1) is 0 Å². The summed E-state index contributed by atoms with van der Waals surface area (Å²) in [4.78, 5) is 24.9. The van der Waals surface area contributed by atoms with E-state index >= 15 is 0 Å². The molecule has 108 valence electrons. The first-order valence-corrected chi connectivity index (χ1v) is 6.76. The van der Waals surface area contributed by atoms with E-state index in [-0.39, 0.29) is 17.6 Å². The van der Waals surface area contributed by atoms with Gasteiger partial charge in [-0.2, -0.15) is 0 Å². The van der Waals surface area contributed by atoms with Gasteiger partial charge < -0.3 is 10.0 Å². The average Bonchev–Trinajstić information content (AvgIpc) is 2.46. The van der Waals surface area contributed by atoms with Crippen LogP contribution in [0.3, 0.4) is 0 Å². The Bertz CT molecular complexity index is 510. The summed E-state index contributed by atoms with van der Waals surface area (Å²) in [5, 5.41) is 8.93. The molecule has 1 aromatic rings. The van der Waals surface area contributed by atoms with Crippen molar-refractivity contribution in [1.29, 1.82) is 0 Å². The number of carboxylic acid groups (broad SMARTS) is 1. The number of likely N-dealkylation sites (tertiary alicyclic amines) is 1. The van der Waals surface area contributed by atoms with E-state index in [9.17, 15) is 14.0 Å². The largest absolute Gasteiger partial charge is 0.481 e. The zero-order chi connectivity index (χ0) is 14.7. The number of halogens is 1. The van der Waals surface area contributed by atoms with Gasteiger partial charge in [0.2, 0.25) is 5.91 Å². The van der Waals surface area contributed by atoms with Crippen LogP contribution in [0.1, 0.15) is 31.2 Å². The number of rotatable bonds is 3. The summed E-state index contributed by atoms with van der Waals surface area (Å²) < 4.78 is 13.7. The van der Waals surface area contributed by atoms with Crippen molar-refractivity contribution in [1.82, 2.24) is 4.90 Å². The quantitative estimate of drug-likeness (QED) is 0.923. The van der Waals surface area contributed by atoms with Crippen molar-refractivity contribution in [2.24, 2.45) is 5.92 Å². The maximum atomic E-state index is 13.7. The van der Waals surface area contributed by atoms with Crippen LogP contribution in [0.4, 0.5) is 4.39 Å². The second-order valence-corrected chi connectivity index (χ2v) is 5.18. The summed E-state index contributed by atoms with van der Waals surface area (Å²) in [6.45, 7) is 2.53. The molecule has 0 saturated carbocycles. The Labute approximate surface area is 117 Å². The van der Waals surface area contributed by atoms with Gasteiger partial charge in [0.1, 0.15) is 5.82 Å². The number of amides is 1. The third-order valence-electron chi connectivity index (χ3n) is 3.90. The van der Waals surface area contributed by atoms with Gasteiger partial charge in [-0.25, -0.2) is 4.39 Å². The average molecular weight is 279 g/mol. The Morgan fingerprint density at radius 2 is 1.90 bits per heavy atom.